The van der Waals surface area contributed by atoms with Gasteiger partial charge in [-0.05, 0) is 12.1 Å². The maximum Gasteiger partial charge on any atom is 0.238 e. The Bertz CT molecular complexity index is 432. The summed E-state index contributed by atoms with van der Waals surface area (Å²) in [5.74, 6) is 0.00897. The summed E-state index contributed by atoms with van der Waals surface area (Å²) in [6.07, 6.45) is 0. The first kappa shape index (κ1) is 13.0. The van der Waals surface area contributed by atoms with Crippen LogP contribution in [0.4, 0.5) is 11.4 Å². The third-order valence-corrected chi connectivity index (χ3v) is 2.00. The Morgan fingerprint density at radius 3 is 2.53 bits per heavy atom. The van der Waals surface area contributed by atoms with E-state index in [0.717, 1.165) is 0 Å². The highest BCUT2D eigenvalue weighted by atomic mass is 16.5. The lowest BCUT2D eigenvalue weighted by Crippen LogP contribution is -2.22. The van der Waals surface area contributed by atoms with E-state index in [9.17, 15) is 9.59 Å². The molecule has 0 aliphatic heterocycles. The van der Waals surface area contributed by atoms with E-state index in [0.29, 0.717) is 17.1 Å². The zero-order valence-corrected chi connectivity index (χ0v) is 9.74. The Balaban J connectivity index is 3.02. The summed E-state index contributed by atoms with van der Waals surface area (Å²) in [5.41, 5.74) is 6.16. The third-order valence-electron chi connectivity index (χ3n) is 2.00. The van der Waals surface area contributed by atoms with Crippen molar-refractivity contribution in [1.29, 1.82) is 0 Å². The summed E-state index contributed by atoms with van der Waals surface area (Å²) < 4.78 is 5.03. The molecule has 0 bridgehead atoms. The molecule has 2 amide bonds. The molecule has 92 valence electrons. The first-order valence-electron chi connectivity index (χ1n) is 5.02. The normalized spacial score (nSPS) is 9.59. The number of nitrogens with one attached hydrogen (secondary N) is 2. The van der Waals surface area contributed by atoms with Crippen LogP contribution in [0.1, 0.15) is 6.92 Å². The van der Waals surface area contributed by atoms with Crippen molar-refractivity contribution < 1.29 is 14.3 Å². The predicted octanol–water partition coefficient (Wildman–Crippen LogP) is 0.551. The van der Waals surface area contributed by atoms with E-state index in [1.807, 2.05) is 0 Å². The van der Waals surface area contributed by atoms with E-state index in [1.54, 1.807) is 18.2 Å². The van der Waals surface area contributed by atoms with Gasteiger partial charge in [-0.1, -0.05) is 0 Å². The van der Waals surface area contributed by atoms with Gasteiger partial charge in [-0.25, -0.2) is 0 Å². The maximum atomic E-state index is 11.2. The average molecular weight is 237 g/mol. The number of carbonyl (C=O) groups is 2. The fourth-order valence-electron chi connectivity index (χ4n) is 1.25. The topological polar surface area (TPSA) is 93.5 Å². The third kappa shape index (κ3) is 3.76. The average Bonchev–Trinajstić information content (AvgIpc) is 2.30. The molecule has 1 rings (SSSR count). The maximum absolute atomic E-state index is 11.2. The Morgan fingerprint density at radius 1 is 1.29 bits per heavy atom. The zero-order chi connectivity index (χ0) is 12.8. The smallest absolute Gasteiger partial charge is 0.238 e. The first-order valence-corrected chi connectivity index (χ1v) is 5.02. The first-order chi connectivity index (χ1) is 8.06. The van der Waals surface area contributed by atoms with E-state index in [2.05, 4.69) is 10.6 Å². The van der Waals surface area contributed by atoms with Gasteiger partial charge in [0.1, 0.15) is 5.75 Å². The fourth-order valence-corrected chi connectivity index (χ4v) is 1.25. The largest absolute Gasteiger partial charge is 0.497 e. The van der Waals surface area contributed by atoms with Gasteiger partial charge in [-0.2, -0.15) is 0 Å². The van der Waals surface area contributed by atoms with Crippen LogP contribution in [-0.4, -0.2) is 25.5 Å². The van der Waals surface area contributed by atoms with Gasteiger partial charge >= 0.3 is 0 Å². The number of benzene rings is 1. The number of hydrogen-bond donors (Lipinski definition) is 3. The molecule has 0 aliphatic carbocycles. The van der Waals surface area contributed by atoms with Crippen molar-refractivity contribution in [2.45, 2.75) is 6.92 Å². The summed E-state index contributed by atoms with van der Waals surface area (Å²) in [4.78, 5) is 22.2. The van der Waals surface area contributed by atoms with Gasteiger partial charge in [0.25, 0.3) is 0 Å². The number of rotatable bonds is 4. The second-order valence-corrected chi connectivity index (χ2v) is 3.35. The number of amides is 2. The van der Waals surface area contributed by atoms with Crippen LogP contribution in [0.5, 0.6) is 5.75 Å². The lowest BCUT2D eigenvalue weighted by atomic mass is 10.2. The Kier molecular flexibility index (Phi) is 4.47. The van der Waals surface area contributed by atoms with Crippen molar-refractivity contribution in [1.82, 2.24) is 0 Å². The van der Waals surface area contributed by atoms with Crippen LogP contribution in [0, 0.1) is 0 Å². The molecular weight excluding hydrogens is 222 g/mol. The molecule has 17 heavy (non-hydrogen) atoms. The van der Waals surface area contributed by atoms with Crippen LogP contribution in [-0.2, 0) is 9.59 Å². The highest BCUT2D eigenvalue weighted by Crippen LogP contribution is 2.26. The molecule has 0 radical (unpaired) electrons. The standard InChI is InChI=1S/C11H15N3O3/c1-7(15)13-9-4-3-8(17-2)5-10(9)14-11(16)6-12/h3-5H,6,12H2,1-2H3,(H,13,15)(H,14,16). The van der Waals surface area contributed by atoms with Gasteiger partial charge in [0, 0.05) is 13.0 Å². The summed E-state index contributed by atoms with van der Waals surface area (Å²) >= 11 is 0. The summed E-state index contributed by atoms with van der Waals surface area (Å²) in [6.45, 7) is 1.26. The number of nitrogens with two attached hydrogens (primary N) is 1. The fraction of sp³-hybridized carbons (Fsp3) is 0.273. The predicted molar refractivity (Wildman–Crippen MR) is 65.0 cm³/mol. The van der Waals surface area contributed by atoms with Gasteiger partial charge in [0.15, 0.2) is 0 Å². The SMILES string of the molecule is COc1ccc(NC(C)=O)c(NC(=O)CN)c1. The van der Waals surface area contributed by atoms with E-state index in [-0.39, 0.29) is 18.4 Å². The van der Waals surface area contributed by atoms with Gasteiger partial charge in [0.05, 0.1) is 25.0 Å². The molecule has 4 N–H and O–H groups in total. The zero-order valence-electron chi connectivity index (χ0n) is 9.74. The van der Waals surface area contributed by atoms with Crippen molar-refractivity contribution in [2.24, 2.45) is 5.73 Å². The van der Waals surface area contributed by atoms with Gasteiger partial charge in [-0.3, -0.25) is 9.59 Å². The molecule has 0 saturated carbocycles. The van der Waals surface area contributed by atoms with Crippen molar-refractivity contribution in [3.8, 4) is 5.75 Å². The Hall–Kier alpha value is -2.08. The minimum atomic E-state index is -0.343. The monoisotopic (exact) mass is 237 g/mol. The number of carbonyl (C=O) groups excluding carboxylic acids is 2. The molecule has 6 nitrogen and oxygen atoms in total. The molecule has 0 heterocycles. The lowest BCUT2D eigenvalue weighted by Gasteiger charge is -2.12. The van der Waals surface area contributed by atoms with Gasteiger partial charge < -0.3 is 21.1 Å². The van der Waals surface area contributed by atoms with E-state index < -0.39 is 0 Å². The molecule has 0 atom stereocenters. The molecule has 1 aromatic rings. The van der Waals surface area contributed by atoms with Crippen molar-refractivity contribution in [3.05, 3.63) is 18.2 Å². The highest BCUT2D eigenvalue weighted by molar-refractivity contribution is 5.99. The van der Waals surface area contributed by atoms with Crippen molar-refractivity contribution in [2.75, 3.05) is 24.3 Å². The summed E-state index contributed by atoms with van der Waals surface area (Å²) in [6, 6.07) is 4.94. The minimum absolute atomic E-state index is 0.128. The van der Waals surface area contributed by atoms with Crippen LogP contribution in [0.15, 0.2) is 18.2 Å². The number of hydrogen-bond acceptors (Lipinski definition) is 4. The summed E-state index contributed by atoms with van der Waals surface area (Å²) in [5, 5.41) is 5.19. The molecule has 0 fully saturated rings. The molecule has 0 spiro atoms. The molecule has 0 aliphatic rings. The molecule has 6 heteroatoms. The Morgan fingerprint density at radius 2 is 2.00 bits per heavy atom. The minimum Gasteiger partial charge on any atom is -0.497 e. The highest BCUT2D eigenvalue weighted by Gasteiger charge is 2.08. The van der Waals surface area contributed by atoms with E-state index in [1.165, 1.54) is 14.0 Å². The summed E-state index contributed by atoms with van der Waals surface area (Å²) in [7, 11) is 1.52. The molecule has 0 saturated heterocycles. The second-order valence-electron chi connectivity index (χ2n) is 3.35. The van der Waals surface area contributed by atoms with Crippen LogP contribution in [0.25, 0.3) is 0 Å². The second kappa shape index (κ2) is 5.86. The van der Waals surface area contributed by atoms with Gasteiger partial charge in [0.2, 0.25) is 11.8 Å². The van der Waals surface area contributed by atoms with Gasteiger partial charge in [-0.15, -0.1) is 0 Å². The molecule has 0 unspecified atom stereocenters. The Labute approximate surface area is 99.1 Å². The van der Waals surface area contributed by atoms with Crippen LogP contribution in [0.2, 0.25) is 0 Å². The number of methoxy groups -OCH3 is 1. The number of anilines is 2. The van der Waals surface area contributed by atoms with Crippen molar-refractivity contribution >= 4 is 23.2 Å². The molecular formula is C11H15N3O3. The molecule has 0 aromatic heterocycles. The van der Waals surface area contributed by atoms with E-state index >= 15 is 0 Å². The lowest BCUT2D eigenvalue weighted by molar-refractivity contribution is -0.115. The quantitative estimate of drug-likeness (QED) is 0.713. The van der Waals surface area contributed by atoms with Crippen LogP contribution < -0.4 is 21.1 Å². The van der Waals surface area contributed by atoms with Crippen LogP contribution >= 0.6 is 0 Å². The molecule has 1 aromatic carbocycles. The van der Waals surface area contributed by atoms with Crippen LogP contribution in [0.3, 0.4) is 0 Å². The number of ether oxygens (including phenoxy) is 1. The van der Waals surface area contributed by atoms with E-state index in [4.69, 9.17) is 10.5 Å². The van der Waals surface area contributed by atoms with Crippen molar-refractivity contribution in [3.63, 3.8) is 0 Å².